The van der Waals surface area contributed by atoms with Crippen LogP contribution in [0.1, 0.15) is 25.5 Å². The minimum absolute atomic E-state index is 0.326. The Morgan fingerprint density at radius 2 is 1.95 bits per heavy atom. The van der Waals surface area contributed by atoms with Crippen molar-refractivity contribution in [1.29, 1.82) is 0 Å². The molecule has 0 aliphatic rings. The molecule has 0 aliphatic carbocycles. The van der Waals surface area contributed by atoms with E-state index in [0.29, 0.717) is 4.47 Å². The smallest absolute Gasteiger partial charge is 0.350 e. The van der Waals surface area contributed by atoms with Crippen LogP contribution in [0.4, 0.5) is 0 Å². The van der Waals surface area contributed by atoms with Crippen LogP contribution in [0.2, 0.25) is 0 Å². The van der Waals surface area contributed by atoms with E-state index in [0.717, 1.165) is 41.9 Å². The summed E-state index contributed by atoms with van der Waals surface area (Å²) in [4.78, 5) is 11.7. The molecule has 2 rings (SSSR count). The molecular formula is C16H17BrO3. The lowest BCUT2D eigenvalue weighted by Crippen LogP contribution is -2.04. The molecule has 4 heteroatoms. The number of halogens is 1. The minimum Gasteiger partial charge on any atom is -0.497 e. The third-order valence-corrected chi connectivity index (χ3v) is 3.69. The Morgan fingerprint density at radius 1 is 1.25 bits per heavy atom. The van der Waals surface area contributed by atoms with Crippen LogP contribution >= 0.6 is 15.9 Å². The van der Waals surface area contributed by atoms with Gasteiger partial charge in [0.1, 0.15) is 16.0 Å². The molecule has 1 aromatic heterocycles. The molecule has 0 aliphatic heterocycles. The van der Waals surface area contributed by atoms with Gasteiger partial charge in [-0.05, 0) is 46.1 Å². The maximum absolute atomic E-state index is 11.7. The van der Waals surface area contributed by atoms with Crippen LogP contribution in [0.5, 0.6) is 5.75 Å². The Hall–Kier alpha value is -1.55. The minimum atomic E-state index is -0.326. The maximum atomic E-state index is 11.7. The first-order chi connectivity index (χ1) is 9.65. The van der Waals surface area contributed by atoms with Crippen molar-refractivity contribution in [3.8, 4) is 16.9 Å². The van der Waals surface area contributed by atoms with Gasteiger partial charge in [-0.1, -0.05) is 25.5 Å². The summed E-state index contributed by atoms with van der Waals surface area (Å²) in [6, 6.07) is 9.57. The first-order valence-electron chi connectivity index (χ1n) is 6.62. The molecule has 3 nitrogen and oxygen atoms in total. The fraction of sp³-hybridized carbons (Fsp3) is 0.312. The Morgan fingerprint density at radius 3 is 2.55 bits per heavy atom. The van der Waals surface area contributed by atoms with Gasteiger partial charge in [-0.15, -0.1) is 0 Å². The summed E-state index contributed by atoms with van der Waals surface area (Å²) in [7, 11) is 1.64. The van der Waals surface area contributed by atoms with Crippen molar-refractivity contribution < 1.29 is 9.15 Å². The molecule has 106 valence electrons. The molecular weight excluding hydrogens is 320 g/mol. The van der Waals surface area contributed by atoms with Gasteiger partial charge in [-0.3, -0.25) is 0 Å². The van der Waals surface area contributed by atoms with E-state index in [4.69, 9.17) is 9.15 Å². The number of methoxy groups -OCH3 is 1. The van der Waals surface area contributed by atoms with Gasteiger partial charge in [0.2, 0.25) is 0 Å². The van der Waals surface area contributed by atoms with E-state index < -0.39 is 0 Å². The van der Waals surface area contributed by atoms with E-state index in [9.17, 15) is 4.79 Å². The summed E-state index contributed by atoms with van der Waals surface area (Å²) in [6.45, 7) is 2.12. The highest BCUT2D eigenvalue weighted by atomic mass is 79.9. The highest BCUT2D eigenvalue weighted by Gasteiger charge is 2.11. The fourth-order valence-corrected chi connectivity index (χ4v) is 2.33. The van der Waals surface area contributed by atoms with Crippen LogP contribution in [-0.4, -0.2) is 7.11 Å². The van der Waals surface area contributed by atoms with Gasteiger partial charge < -0.3 is 9.15 Å². The summed E-state index contributed by atoms with van der Waals surface area (Å²) in [5.74, 6) is 1.55. The van der Waals surface area contributed by atoms with Crippen LogP contribution < -0.4 is 10.4 Å². The van der Waals surface area contributed by atoms with Gasteiger partial charge in [0.25, 0.3) is 0 Å². The molecule has 0 bridgehead atoms. The van der Waals surface area contributed by atoms with E-state index >= 15 is 0 Å². The molecule has 20 heavy (non-hydrogen) atoms. The van der Waals surface area contributed by atoms with Crippen molar-refractivity contribution in [2.45, 2.75) is 26.2 Å². The molecule has 1 heterocycles. The molecule has 0 saturated carbocycles. The fourth-order valence-electron chi connectivity index (χ4n) is 2.02. The second kappa shape index (κ2) is 6.75. The van der Waals surface area contributed by atoms with Crippen molar-refractivity contribution in [2.24, 2.45) is 0 Å². The Balaban J connectivity index is 2.46. The first-order valence-corrected chi connectivity index (χ1v) is 7.42. The number of hydrogen-bond donors (Lipinski definition) is 0. The van der Waals surface area contributed by atoms with Crippen molar-refractivity contribution in [1.82, 2.24) is 0 Å². The Kier molecular flexibility index (Phi) is 5.01. The molecule has 1 aromatic carbocycles. The number of aryl methyl sites for hydroxylation is 1. The highest BCUT2D eigenvalue weighted by molar-refractivity contribution is 9.10. The summed E-state index contributed by atoms with van der Waals surface area (Å²) < 4.78 is 11.0. The maximum Gasteiger partial charge on any atom is 0.350 e. The van der Waals surface area contributed by atoms with Gasteiger partial charge in [0.15, 0.2) is 0 Å². The zero-order valence-corrected chi connectivity index (χ0v) is 13.2. The topological polar surface area (TPSA) is 39.4 Å². The summed E-state index contributed by atoms with van der Waals surface area (Å²) in [5.41, 5.74) is 1.64. The second-order valence-corrected chi connectivity index (χ2v) is 5.41. The van der Waals surface area contributed by atoms with Crippen LogP contribution in [0, 0.1) is 0 Å². The normalized spacial score (nSPS) is 10.6. The molecule has 0 fully saturated rings. The van der Waals surface area contributed by atoms with E-state index in [1.807, 2.05) is 30.3 Å². The van der Waals surface area contributed by atoms with E-state index in [1.54, 1.807) is 7.11 Å². The second-order valence-electron chi connectivity index (χ2n) is 4.55. The van der Waals surface area contributed by atoms with Crippen LogP contribution in [0.3, 0.4) is 0 Å². The summed E-state index contributed by atoms with van der Waals surface area (Å²) in [6.07, 6.45) is 2.82. The number of rotatable bonds is 5. The Labute approximate surface area is 126 Å². The summed E-state index contributed by atoms with van der Waals surface area (Å²) >= 11 is 3.24. The van der Waals surface area contributed by atoms with Gasteiger partial charge in [-0.25, -0.2) is 4.79 Å². The van der Waals surface area contributed by atoms with Gasteiger partial charge >= 0.3 is 5.63 Å². The lowest BCUT2D eigenvalue weighted by molar-refractivity contribution is 0.415. The number of ether oxygens (including phenoxy) is 1. The Bertz CT molecular complexity index is 629. The quantitative estimate of drug-likeness (QED) is 0.811. The molecule has 0 spiro atoms. The third kappa shape index (κ3) is 3.31. The van der Waals surface area contributed by atoms with E-state index in [1.165, 1.54) is 0 Å². The average molecular weight is 337 g/mol. The molecule has 0 saturated heterocycles. The standard InChI is InChI=1S/C16H17BrO3/c1-3-4-5-15-13(10-14(17)16(18)20-15)11-6-8-12(19-2)9-7-11/h6-10H,3-5H2,1-2H3. The SMILES string of the molecule is CCCCc1oc(=O)c(Br)cc1-c1ccc(OC)cc1. The molecule has 0 atom stereocenters. The van der Waals surface area contributed by atoms with Crippen molar-refractivity contribution in [2.75, 3.05) is 7.11 Å². The van der Waals surface area contributed by atoms with E-state index in [-0.39, 0.29) is 5.63 Å². The van der Waals surface area contributed by atoms with Crippen molar-refractivity contribution >= 4 is 15.9 Å². The van der Waals surface area contributed by atoms with Gasteiger partial charge in [0, 0.05) is 12.0 Å². The predicted molar refractivity (Wildman–Crippen MR) is 83.3 cm³/mol. The van der Waals surface area contributed by atoms with Crippen LogP contribution in [0.15, 0.2) is 44.0 Å². The van der Waals surface area contributed by atoms with Gasteiger partial charge in [-0.2, -0.15) is 0 Å². The largest absolute Gasteiger partial charge is 0.497 e. The lowest BCUT2D eigenvalue weighted by atomic mass is 10.0. The monoisotopic (exact) mass is 336 g/mol. The summed E-state index contributed by atoms with van der Waals surface area (Å²) in [5, 5.41) is 0. The molecule has 0 radical (unpaired) electrons. The number of hydrogen-bond acceptors (Lipinski definition) is 3. The molecule has 0 unspecified atom stereocenters. The molecule has 0 N–H and O–H groups in total. The predicted octanol–water partition coefficient (Wildman–Crippen LogP) is 4.42. The number of benzene rings is 1. The molecule has 0 amide bonds. The highest BCUT2D eigenvalue weighted by Crippen LogP contribution is 2.28. The third-order valence-electron chi connectivity index (χ3n) is 3.14. The van der Waals surface area contributed by atoms with Crippen molar-refractivity contribution in [3.05, 3.63) is 51.0 Å². The molecule has 2 aromatic rings. The zero-order chi connectivity index (χ0) is 14.5. The van der Waals surface area contributed by atoms with Gasteiger partial charge in [0.05, 0.1) is 7.11 Å². The van der Waals surface area contributed by atoms with Crippen LogP contribution in [-0.2, 0) is 6.42 Å². The number of unbranched alkanes of at least 4 members (excludes halogenated alkanes) is 1. The van der Waals surface area contributed by atoms with E-state index in [2.05, 4.69) is 22.9 Å². The lowest BCUT2D eigenvalue weighted by Gasteiger charge is -2.09. The average Bonchev–Trinajstić information content (AvgIpc) is 2.48. The zero-order valence-electron chi connectivity index (χ0n) is 11.6. The van der Waals surface area contributed by atoms with Crippen LogP contribution in [0.25, 0.3) is 11.1 Å². The van der Waals surface area contributed by atoms with Crippen molar-refractivity contribution in [3.63, 3.8) is 0 Å². The first kappa shape index (κ1) is 14.9.